The number of alkyl halides is 1. The van der Waals surface area contributed by atoms with Gasteiger partial charge in [-0.3, -0.25) is 4.79 Å². The molecule has 0 unspecified atom stereocenters. The minimum atomic E-state index is 0.0340. The highest BCUT2D eigenvalue weighted by Gasteiger charge is 2.29. The zero-order valence-corrected chi connectivity index (χ0v) is 10.8. The highest BCUT2D eigenvalue weighted by molar-refractivity contribution is 6.30. The Hall–Kier alpha value is -0.820. The van der Waals surface area contributed by atoms with Crippen LogP contribution < -0.4 is 0 Å². The molecule has 0 N–H and O–H groups in total. The summed E-state index contributed by atoms with van der Waals surface area (Å²) in [5.41, 5.74) is 4.91. The number of carbonyl (C=O) groups excluding carboxylic acids is 1. The van der Waals surface area contributed by atoms with Crippen LogP contribution >= 0.6 is 11.6 Å². The van der Waals surface area contributed by atoms with Crippen LogP contribution in [0.1, 0.15) is 40.9 Å². The summed E-state index contributed by atoms with van der Waals surface area (Å²) in [6.07, 6.45) is 2.17. The summed E-state index contributed by atoms with van der Waals surface area (Å²) < 4.78 is 0. The third-order valence-electron chi connectivity index (χ3n) is 3.31. The Morgan fingerprint density at radius 2 is 1.88 bits per heavy atom. The molecule has 0 bridgehead atoms. The standard InChI is InChI=1S/C14H17ClO/c1-9-4-10-6-14(2,3)7-11(10)5-12(9)13(16)8-15/h4-5H,6-8H2,1-3H3. The van der Waals surface area contributed by atoms with Crippen LogP contribution in [0.3, 0.4) is 0 Å². The molecule has 0 aromatic heterocycles. The van der Waals surface area contributed by atoms with Gasteiger partial charge in [0, 0.05) is 5.56 Å². The molecule has 0 saturated carbocycles. The number of aryl methyl sites for hydroxylation is 1. The highest BCUT2D eigenvalue weighted by atomic mass is 35.5. The van der Waals surface area contributed by atoms with Crippen LogP contribution in [0.15, 0.2) is 12.1 Å². The SMILES string of the molecule is Cc1cc2c(cc1C(=O)CCl)CC(C)(C)C2. The molecule has 86 valence electrons. The van der Waals surface area contributed by atoms with Crippen molar-refractivity contribution in [2.24, 2.45) is 5.41 Å². The summed E-state index contributed by atoms with van der Waals surface area (Å²) in [5.74, 6) is 0.106. The summed E-state index contributed by atoms with van der Waals surface area (Å²) in [6.45, 7) is 6.53. The van der Waals surface area contributed by atoms with Crippen molar-refractivity contribution >= 4 is 17.4 Å². The summed E-state index contributed by atoms with van der Waals surface area (Å²) in [7, 11) is 0. The molecule has 1 nitrogen and oxygen atoms in total. The minimum Gasteiger partial charge on any atom is -0.293 e. The van der Waals surface area contributed by atoms with Gasteiger partial charge < -0.3 is 0 Å². The Labute approximate surface area is 102 Å². The van der Waals surface area contributed by atoms with Gasteiger partial charge in [0.1, 0.15) is 0 Å². The van der Waals surface area contributed by atoms with E-state index in [4.69, 9.17) is 11.6 Å². The van der Waals surface area contributed by atoms with E-state index < -0.39 is 0 Å². The van der Waals surface area contributed by atoms with E-state index in [0.29, 0.717) is 5.41 Å². The smallest absolute Gasteiger partial charge is 0.177 e. The van der Waals surface area contributed by atoms with Crippen LogP contribution in [-0.4, -0.2) is 11.7 Å². The Kier molecular flexibility index (Phi) is 2.83. The normalized spacial score (nSPS) is 17.2. The number of Topliss-reactive ketones (excluding diaryl/α,β-unsaturated/α-hetero) is 1. The summed E-state index contributed by atoms with van der Waals surface area (Å²) in [5, 5.41) is 0. The maximum Gasteiger partial charge on any atom is 0.177 e. The average molecular weight is 237 g/mol. The van der Waals surface area contributed by atoms with E-state index in [1.165, 1.54) is 11.1 Å². The first kappa shape index (κ1) is 11.7. The molecule has 0 heterocycles. The fraction of sp³-hybridized carbons (Fsp3) is 0.500. The molecule has 2 rings (SSSR count). The third kappa shape index (κ3) is 2.01. The summed E-state index contributed by atoms with van der Waals surface area (Å²) in [6, 6.07) is 4.20. The van der Waals surface area contributed by atoms with Gasteiger partial charge in [-0.15, -0.1) is 11.6 Å². The molecule has 16 heavy (non-hydrogen) atoms. The van der Waals surface area contributed by atoms with Crippen LogP contribution in [0.4, 0.5) is 0 Å². The second kappa shape index (κ2) is 3.89. The van der Waals surface area contributed by atoms with E-state index in [0.717, 1.165) is 24.0 Å². The van der Waals surface area contributed by atoms with Gasteiger partial charge in [0.2, 0.25) is 0 Å². The lowest BCUT2D eigenvalue weighted by Gasteiger charge is -2.14. The number of rotatable bonds is 2. The molecule has 1 aliphatic carbocycles. The molecule has 1 aromatic rings. The lowest BCUT2D eigenvalue weighted by molar-refractivity contribution is 0.102. The molecule has 1 aliphatic rings. The van der Waals surface area contributed by atoms with Gasteiger partial charge in [0.05, 0.1) is 5.88 Å². The first-order valence-corrected chi connectivity index (χ1v) is 6.18. The number of benzene rings is 1. The van der Waals surface area contributed by atoms with Crippen molar-refractivity contribution in [3.63, 3.8) is 0 Å². The van der Waals surface area contributed by atoms with Gasteiger partial charge in [-0.1, -0.05) is 19.9 Å². The van der Waals surface area contributed by atoms with Gasteiger partial charge in [-0.2, -0.15) is 0 Å². The molecule has 0 spiro atoms. The molecule has 2 heteroatoms. The number of carbonyl (C=O) groups is 1. The number of halogens is 1. The number of hydrogen-bond acceptors (Lipinski definition) is 1. The third-order valence-corrected chi connectivity index (χ3v) is 3.55. The van der Waals surface area contributed by atoms with Gasteiger partial charge >= 0.3 is 0 Å². The quantitative estimate of drug-likeness (QED) is 0.567. The van der Waals surface area contributed by atoms with Gasteiger partial charge in [-0.05, 0) is 47.9 Å². The molecule has 0 saturated heterocycles. The molecular formula is C14H17ClO. The molecular weight excluding hydrogens is 220 g/mol. The van der Waals surface area contributed by atoms with Gasteiger partial charge in [0.25, 0.3) is 0 Å². The van der Waals surface area contributed by atoms with Gasteiger partial charge in [-0.25, -0.2) is 0 Å². The zero-order chi connectivity index (χ0) is 11.9. The maximum atomic E-state index is 11.7. The predicted octanol–water partition coefficient (Wildman–Crippen LogP) is 3.54. The molecule has 0 amide bonds. The molecule has 1 aromatic carbocycles. The monoisotopic (exact) mass is 236 g/mol. The second-order valence-electron chi connectivity index (χ2n) is 5.51. The van der Waals surface area contributed by atoms with Crippen molar-refractivity contribution in [1.82, 2.24) is 0 Å². The van der Waals surface area contributed by atoms with Crippen molar-refractivity contribution in [3.8, 4) is 0 Å². The van der Waals surface area contributed by atoms with E-state index >= 15 is 0 Å². The van der Waals surface area contributed by atoms with E-state index in [2.05, 4.69) is 19.9 Å². The van der Waals surface area contributed by atoms with Crippen LogP contribution in [0, 0.1) is 12.3 Å². The Balaban J connectivity index is 2.45. The van der Waals surface area contributed by atoms with Crippen LogP contribution in [0.25, 0.3) is 0 Å². The lowest BCUT2D eigenvalue weighted by Crippen LogP contribution is -2.09. The predicted molar refractivity (Wildman–Crippen MR) is 67.4 cm³/mol. The fourth-order valence-corrected chi connectivity index (χ4v) is 2.75. The maximum absolute atomic E-state index is 11.7. The van der Waals surface area contributed by atoms with Crippen LogP contribution in [0.5, 0.6) is 0 Å². The summed E-state index contributed by atoms with van der Waals surface area (Å²) in [4.78, 5) is 11.7. The van der Waals surface area contributed by atoms with E-state index in [-0.39, 0.29) is 11.7 Å². The molecule has 0 atom stereocenters. The van der Waals surface area contributed by atoms with Crippen molar-refractivity contribution < 1.29 is 4.79 Å². The first-order chi connectivity index (χ1) is 7.43. The number of fused-ring (bicyclic) bond motifs is 1. The fourth-order valence-electron chi connectivity index (χ4n) is 2.61. The number of hydrogen-bond donors (Lipinski definition) is 0. The highest BCUT2D eigenvalue weighted by Crippen LogP contribution is 2.37. The number of ketones is 1. The van der Waals surface area contributed by atoms with Crippen LogP contribution in [-0.2, 0) is 12.8 Å². The van der Waals surface area contributed by atoms with Crippen LogP contribution in [0.2, 0.25) is 0 Å². The largest absolute Gasteiger partial charge is 0.293 e. The van der Waals surface area contributed by atoms with E-state index in [9.17, 15) is 4.79 Å². The molecule has 0 aliphatic heterocycles. The molecule has 0 fully saturated rings. The second-order valence-corrected chi connectivity index (χ2v) is 5.78. The average Bonchev–Trinajstić information content (AvgIpc) is 2.48. The van der Waals surface area contributed by atoms with E-state index in [1.807, 2.05) is 13.0 Å². The van der Waals surface area contributed by atoms with Crippen molar-refractivity contribution in [1.29, 1.82) is 0 Å². The first-order valence-electron chi connectivity index (χ1n) is 5.64. The Morgan fingerprint density at radius 3 is 2.44 bits per heavy atom. The zero-order valence-electron chi connectivity index (χ0n) is 10.1. The Bertz CT molecular complexity index is 446. The van der Waals surface area contributed by atoms with E-state index in [1.54, 1.807) is 0 Å². The topological polar surface area (TPSA) is 17.1 Å². The summed E-state index contributed by atoms with van der Waals surface area (Å²) >= 11 is 5.62. The Morgan fingerprint density at radius 1 is 1.31 bits per heavy atom. The van der Waals surface area contributed by atoms with Crippen molar-refractivity contribution in [2.45, 2.75) is 33.6 Å². The minimum absolute atomic E-state index is 0.0340. The van der Waals surface area contributed by atoms with Gasteiger partial charge in [0.15, 0.2) is 5.78 Å². The van der Waals surface area contributed by atoms with Crippen molar-refractivity contribution in [2.75, 3.05) is 5.88 Å². The van der Waals surface area contributed by atoms with Crippen molar-refractivity contribution in [3.05, 3.63) is 34.4 Å². The molecule has 0 radical (unpaired) electrons. The lowest BCUT2D eigenvalue weighted by atomic mass is 9.90.